The molecular formula is C9H14O2. The van der Waals surface area contributed by atoms with Crippen molar-refractivity contribution in [1.29, 1.82) is 0 Å². The predicted molar refractivity (Wildman–Crippen MR) is 41.3 cm³/mol. The van der Waals surface area contributed by atoms with Crippen molar-refractivity contribution in [2.24, 2.45) is 11.8 Å². The number of hydrogen-bond donors (Lipinski definition) is 0. The van der Waals surface area contributed by atoms with Crippen LogP contribution in [0.25, 0.3) is 0 Å². The number of rotatable bonds is 1. The van der Waals surface area contributed by atoms with Gasteiger partial charge in [-0.05, 0) is 25.7 Å². The van der Waals surface area contributed by atoms with Gasteiger partial charge in [0, 0.05) is 19.4 Å². The molecule has 0 amide bonds. The van der Waals surface area contributed by atoms with E-state index in [0.717, 1.165) is 19.3 Å². The van der Waals surface area contributed by atoms with Crippen molar-refractivity contribution in [3.63, 3.8) is 0 Å². The molecule has 62 valence electrons. The maximum Gasteiger partial charge on any atom is 0.136 e. The Morgan fingerprint density at radius 3 is 2.73 bits per heavy atom. The van der Waals surface area contributed by atoms with Crippen molar-refractivity contribution in [2.45, 2.75) is 31.8 Å². The van der Waals surface area contributed by atoms with Gasteiger partial charge in [0.1, 0.15) is 5.78 Å². The van der Waals surface area contributed by atoms with E-state index in [-0.39, 0.29) is 5.60 Å². The molecular weight excluding hydrogens is 140 g/mol. The molecule has 0 saturated heterocycles. The zero-order valence-corrected chi connectivity index (χ0v) is 7.09. The molecule has 2 nitrogen and oxygen atoms in total. The highest BCUT2D eigenvalue weighted by molar-refractivity contribution is 5.84. The molecule has 2 heteroatoms. The van der Waals surface area contributed by atoms with Crippen molar-refractivity contribution >= 4 is 5.78 Å². The SMILES string of the molecule is CO[C@]1(C)C[C@@H]2C[C@H]1CC2=O. The molecule has 0 N–H and O–H groups in total. The smallest absolute Gasteiger partial charge is 0.136 e. The maximum atomic E-state index is 11.2. The first kappa shape index (κ1) is 7.29. The molecule has 11 heavy (non-hydrogen) atoms. The van der Waals surface area contributed by atoms with Crippen LogP contribution in [0.2, 0.25) is 0 Å². The third kappa shape index (κ3) is 0.853. The van der Waals surface area contributed by atoms with Gasteiger partial charge >= 0.3 is 0 Å². The molecule has 3 atom stereocenters. The number of methoxy groups -OCH3 is 1. The Kier molecular flexibility index (Phi) is 1.37. The molecule has 2 aliphatic carbocycles. The second-order valence-electron chi connectivity index (χ2n) is 4.02. The van der Waals surface area contributed by atoms with Crippen LogP contribution >= 0.6 is 0 Å². The van der Waals surface area contributed by atoms with E-state index in [1.807, 2.05) is 0 Å². The van der Waals surface area contributed by atoms with E-state index in [0.29, 0.717) is 17.6 Å². The molecule has 2 aliphatic rings. The summed E-state index contributed by atoms with van der Waals surface area (Å²) in [5.74, 6) is 1.29. The molecule has 0 aromatic carbocycles. The van der Waals surface area contributed by atoms with Crippen LogP contribution in [-0.4, -0.2) is 18.5 Å². The lowest BCUT2D eigenvalue weighted by atomic mass is 9.85. The molecule has 0 aromatic heterocycles. The molecule has 2 rings (SSSR count). The quantitative estimate of drug-likeness (QED) is 0.570. The Hall–Kier alpha value is -0.370. The summed E-state index contributed by atoms with van der Waals surface area (Å²) in [4.78, 5) is 11.2. The van der Waals surface area contributed by atoms with Crippen LogP contribution in [-0.2, 0) is 9.53 Å². The summed E-state index contributed by atoms with van der Waals surface area (Å²) in [6.07, 6.45) is 2.78. The first-order chi connectivity index (χ1) is 5.15. The van der Waals surface area contributed by atoms with Crippen LogP contribution in [0.5, 0.6) is 0 Å². The van der Waals surface area contributed by atoms with E-state index in [2.05, 4.69) is 6.92 Å². The molecule has 0 spiro atoms. The highest BCUT2D eigenvalue weighted by Crippen LogP contribution is 2.50. The fraction of sp³-hybridized carbons (Fsp3) is 0.889. The summed E-state index contributed by atoms with van der Waals surface area (Å²) in [7, 11) is 1.76. The van der Waals surface area contributed by atoms with Crippen LogP contribution in [0.3, 0.4) is 0 Å². The monoisotopic (exact) mass is 154 g/mol. The van der Waals surface area contributed by atoms with E-state index in [9.17, 15) is 4.79 Å². The number of ether oxygens (including phenoxy) is 1. The third-order valence-electron chi connectivity index (χ3n) is 3.45. The van der Waals surface area contributed by atoms with E-state index in [4.69, 9.17) is 4.74 Å². The van der Waals surface area contributed by atoms with Crippen LogP contribution in [0.15, 0.2) is 0 Å². The van der Waals surface area contributed by atoms with Crippen molar-refractivity contribution in [2.75, 3.05) is 7.11 Å². The number of ketones is 1. The summed E-state index contributed by atoms with van der Waals surface area (Å²) in [5, 5.41) is 0. The number of carbonyl (C=O) groups is 1. The standard InChI is InChI=1S/C9H14O2/c1-9(11-2)5-6-3-7(9)4-8(6)10/h6-7H,3-5H2,1-2H3/t6-,7-,9+/m0/s1. The molecule has 0 aliphatic heterocycles. The fourth-order valence-corrected chi connectivity index (χ4v) is 2.54. The highest BCUT2D eigenvalue weighted by atomic mass is 16.5. The lowest BCUT2D eigenvalue weighted by molar-refractivity contribution is -0.127. The van der Waals surface area contributed by atoms with Crippen LogP contribution in [0, 0.1) is 11.8 Å². The zero-order valence-electron chi connectivity index (χ0n) is 7.09. The molecule has 2 saturated carbocycles. The topological polar surface area (TPSA) is 26.3 Å². The zero-order chi connectivity index (χ0) is 8.06. The largest absolute Gasteiger partial charge is 0.378 e. The molecule has 2 bridgehead atoms. The van der Waals surface area contributed by atoms with Gasteiger partial charge in [0.25, 0.3) is 0 Å². The lowest BCUT2D eigenvalue weighted by Gasteiger charge is -2.31. The Bertz CT molecular complexity index is 200. The second-order valence-corrected chi connectivity index (χ2v) is 4.02. The first-order valence-electron chi connectivity index (χ1n) is 4.23. The normalized spacial score (nSPS) is 48.7. The van der Waals surface area contributed by atoms with Crippen LogP contribution in [0.4, 0.5) is 0 Å². The van der Waals surface area contributed by atoms with Gasteiger partial charge in [-0.2, -0.15) is 0 Å². The third-order valence-corrected chi connectivity index (χ3v) is 3.45. The number of fused-ring (bicyclic) bond motifs is 2. The van der Waals surface area contributed by atoms with Crippen molar-refractivity contribution in [3.05, 3.63) is 0 Å². The minimum atomic E-state index is 0.0125. The van der Waals surface area contributed by atoms with Crippen molar-refractivity contribution in [1.82, 2.24) is 0 Å². The van der Waals surface area contributed by atoms with Crippen LogP contribution in [0.1, 0.15) is 26.2 Å². The Morgan fingerprint density at radius 1 is 1.64 bits per heavy atom. The molecule has 0 unspecified atom stereocenters. The Labute approximate surface area is 66.9 Å². The lowest BCUT2D eigenvalue weighted by Crippen LogP contribution is -2.36. The van der Waals surface area contributed by atoms with E-state index in [1.54, 1.807) is 7.11 Å². The number of hydrogen-bond acceptors (Lipinski definition) is 2. The first-order valence-corrected chi connectivity index (χ1v) is 4.23. The highest BCUT2D eigenvalue weighted by Gasteiger charge is 2.52. The summed E-state index contributed by atoms with van der Waals surface area (Å²) in [6, 6.07) is 0. The molecule has 0 heterocycles. The van der Waals surface area contributed by atoms with Gasteiger partial charge in [0.05, 0.1) is 5.60 Å². The summed E-state index contributed by atoms with van der Waals surface area (Å²) < 4.78 is 5.43. The molecule has 2 fully saturated rings. The van der Waals surface area contributed by atoms with Gasteiger partial charge in [0.2, 0.25) is 0 Å². The number of Topliss-reactive ketones (excluding diaryl/α,β-unsaturated/α-hetero) is 1. The summed E-state index contributed by atoms with van der Waals surface area (Å²) in [5.41, 5.74) is 0.0125. The van der Waals surface area contributed by atoms with Gasteiger partial charge in [-0.15, -0.1) is 0 Å². The predicted octanol–water partition coefficient (Wildman–Crippen LogP) is 1.39. The van der Waals surface area contributed by atoms with Gasteiger partial charge in [0.15, 0.2) is 0 Å². The molecule has 0 radical (unpaired) electrons. The minimum absolute atomic E-state index is 0.0125. The van der Waals surface area contributed by atoms with Crippen molar-refractivity contribution < 1.29 is 9.53 Å². The summed E-state index contributed by atoms with van der Waals surface area (Å²) >= 11 is 0. The average molecular weight is 154 g/mol. The molecule has 0 aromatic rings. The van der Waals surface area contributed by atoms with Crippen molar-refractivity contribution in [3.8, 4) is 0 Å². The maximum absolute atomic E-state index is 11.2. The van der Waals surface area contributed by atoms with Gasteiger partial charge < -0.3 is 4.74 Å². The van der Waals surface area contributed by atoms with Gasteiger partial charge in [-0.1, -0.05) is 0 Å². The van der Waals surface area contributed by atoms with Gasteiger partial charge in [-0.25, -0.2) is 0 Å². The summed E-state index contributed by atoms with van der Waals surface area (Å²) in [6.45, 7) is 2.13. The number of carbonyl (C=O) groups excluding carboxylic acids is 1. The Balaban J connectivity index is 2.19. The average Bonchev–Trinajstić information content (AvgIpc) is 2.45. The second kappa shape index (κ2) is 2.07. The van der Waals surface area contributed by atoms with E-state index >= 15 is 0 Å². The van der Waals surface area contributed by atoms with Crippen LogP contribution < -0.4 is 0 Å². The van der Waals surface area contributed by atoms with E-state index in [1.165, 1.54) is 0 Å². The Morgan fingerprint density at radius 2 is 2.36 bits per heavy atom. The van der Waals surface area contributed by atoms with Gasteiger partial charge in [-0.3, -0.25) is 4.79 Å². The minimum Gasteiger partial charge on any atom is -0.378 e. The fourth-order valence-electron chi connectivity index (χ4n) is 2.54. The van der Waals surface area contributed by atoms with E-state index < -0.39 is 0 Å².